The molecule has 1 rings (SSSR count). The van der Waals surface area contributed by atoms with Crippen LogP contribution < -0.4 is 0 Å². The number of aliphatic hydroxyl groups is 1. The van der Waals surface area contributed by atoms with E-state index in [1.807, 2.05) is 18.2 Å². The highest BCUT2D eigenvalue weighted by Crippen LogP contribution is 2.07. The Morgan fingerprint density at radius 2 is 1.89 bits per heavy atom. The predicted octanol–water partition coefficient (Wildman–Crippen LogP) is 3.17. The average Bonchev–Trinajstić information content (AvgIpc) is 2.42. The molecule has 1 atom stereocenters. The predicted molar refractivity (Wildman–Crippen MR) is 71.5 cm³/mol. The second-order valence-electron chi connectivity index (χ2n) is 4.44. The van der Waals surface area contributed by atoms with Gasteiger partial charge in [0.1, 0.15) is 0 Å². The van der Waals surface area contributed by atoms with Crippen LogP contribution in [0.15, 0.2) is 30.3 Å². The van der Waals surface area contributed by atoms with Gasteiger partial charge in [0.2, 0.25) is 0 Å². The molecule has 0 spiro atoms. The minimum Gasteiger partial charge on any atom is -0.462 e. The number of carbonyl (C=O) groups excluding carboxylic acids is 1. The maximum absolute atomic E-state index is 11.6. The highest BCUT2D eigenvalue weighted by atomic mass is 16.5. The van der Waals surface area contributed by atoms with Crippen LogP contribution in [0.4, 0.5) is 0 Å². The summed E-state index contributed by atoms with van der Waals surface area (Å²) in [6.45, 7) is 2.48. The molecule has 0 aliphatic heterocycles. The second kappa shape index (κ2) is 8.70. The van der Waals surface area contributed by atoms with Gasteiger partial charge in [-0.15, -0.1) is 0 Å². The Bertz CT molecular complexity index is 335. The molecule has 0 saturated heterocycles. The van der Waals surface area contributed by atoms with Gasteiger partial charge in [-0.25, -0.2) is 4.79 Å². The minimum atomic E-state index is -0.293. The topological polar surface area (TPSA) is 46.5 Å². The number of hydrogen-bond acceptors (Lipinski definition) is 3. The summed E-state index contributed by atoms with van der Waals surface area (Å²) in [4.78, 5) is 11.6. The van der Waals surface area contributed by atoms with E-state index in [0.717, 1.165) is 19.3 Å². The van der Waals surface area contributed by atoms with E-state index < -0.39 is 0 Å². The average molecular weight is 250 g/mol. The van der Waals surface area contributed by atoms with E-state index in [1.165, 1.54) is 0 Å². The summed E-state index contributed by atoms with van der Waals surface area (Å²) in [5.74, 6) is -0.293. The monoisotopic (exact) mass is 250 g/mol. The molecule has 100 valence electrons. The first-order valence-electron chi connectivity index (χ1n) is 6.64. The molecule has 0 aromatic heterocycles. The third-order valence-electron chi connectivity index (χ3n) is 2.82. The van der Waals surface area contributed by atoms with Crippen molar-refractivity contribution in [1.82, 2.24) is 0 Å². The van der Waals surface area contributed by atoms with Gasteiger partial charge in [0.15, 0.2) is 0 Å². The fraction of sp³-hybridized carbons (Fsp3) is 0.533. The van der Waals surface area contributed by atoms with Gasteiger partial charge in [-0.05, 0) is 31.4 Å². The maximum Gasteiger partial charge on any atom is 0.338 e. The van der Waals surface area contributed by atoms with Gasteiger partial charge in [-0.1, -0.05) is 38.0 Å². The smallest absolute Gasteiger partial charge is 0.338 e. The van der Waals surface area contributed by atoms with E-state index in [9.17, 15) is 9.90 Å². The summed E-state index contributed by atoms with van der Waals surface area (Å²) in [6, 6.07) is 8.95. The Kier molecular flexibility index (Phi) is 7.11. The summed E-state index contributed by atoms with van der Waals surface area (Å²) < 4.78 is 5.13. The lowest BCUT2D eigenvalue weighted by atomic mass is 10.1. The standard InChI is InChI=1S/C15H22O3/c1-2-3-10-14(16)11-7-12-18-15(17)13-8-5-4-6-9-13/h4-6,8-9,14,16H,2-3,7,10-12H2,1H3. The summed E-state index contributed by atoms with van der Waals surface area (Å²) in [5, 5.41) is 9.62. The summed E-state index contributed by atoms with van der Waals surface area (Å²) in [5.41, 5.74) is 0.573. The van der Waals surface area contributed by atoms with Crippen molar-refractivity contribution in [1.29, 1.82) is 0 Å². The third-order valence-corrected chi connectivity index (χ3v) is 2.82. The highest BCUT2D eigenvalue weighted by Gasteiger charge is 2.07. The lowest BCUT2D eigenvalue weighted by Gasteiger charge is -2.09. The fourth-order valence-corrected chi connectivity index (χ4v) is 1.73. The van der Waals surface area contributed by atoms with Crippen LogP contribution in [0.3, 0.4) is 0 Å². The molecule has 0 amide bonds. The van der Waals surface area contributed by atoms with Crippen LogP contribution in [-0.2, 0) is 4.74 Å². The first-order valence-corrected chi connectivity index (χ1v) is 6.64. The van der Waals surface area contributed by atoms with Crippen LogP contribution in [0.5, 0.6) is 0 Å². The molecule has 3 nitrogen and oxygen atoms in total. The Morgan fingerprint density at radius 3 is 2.56 bits per heavy atom. The van der Waals surface area contributed by atoms with E-state index in [2.05, 4.69) is 6.92 Å². The third kappa shape index (κ3) is 5.82. The molecule has 1 aromatic rings. The van der Waals surface area contributed by atoms with Gasteiger partial charge < -0.3 is 9.84 Å². The molecule has 0 radical (unpaired) electrons. The summed E-state index contributed by atoms with van der Waals surface area (Å²) >= 11 is 0. The summed E-state index contributed by atoms with van der Waals surface area (Å²) in [6.07, 6.45) is 4.13. The molecule has 0 aliphatic carbocycles. The lowest BCUT2D eigenvalue weighted by Crippen LogP contribution is -2.10. The van der Waals surface area contributed by atoms with Gasteiger partial charge in [0.25, 0.3) is 0 Å². The molecule has 18 heavy (non-hydrogen) atoms. The first-order chi connectivity index (χ1) is 8.74. The zero-order chi connectivity index (χ0) is 13.2. The molecule has 1 unspecified atom stereocenters. The second-order valence-corrected chi connectivity index (χ2v) is 4.44. The van der Waals surface area contributed by atoms with Crippen LogP contribution in [-0.4, -0.2) is 23.8 Å². The fourth-order valence-electron chi connectivity index (χ4n) is 1.73. The number of esters is 1. The van der Waals surface area contributed by atoms with Crippen molar-refractivity contribution in [2.45, 2.75) is 45.1 Å². The van der Waals surface area contributed by atoms with Crippen molar-refractivity contribution in [2.24, 2.45) is 0 Å². The zero-order valence-electron chi connectivity index (χ0n) is 11.0. The zero-order valence-corrected chi connectivity index (χ0v) is 11.0. The van der Waals surface area contributed by atoms with Gasteiger partial charge in [0, 0.05) is 0 Å². The van der Waals surface area contributed by atoms with E-state index in [4.69, 9.17) is 4.74 Å². The molecule has 0 heterocycles. The number of benzene rings is 1. The van der Waals surface area contributed by atoms with Crippen molar-refractivity contribution >= 4 is 5.97 Å². The van der Waals surface area contributed by atoms with Gasteiger partial charge in [-0.2, -0.15) is 0 Å². The van der Waals surface area contributed by atoms with Crippen molar-refractivity contribution in [3.05, 3.63) is 35.9 Å². The Hall–Kier alpha value is -1.35. The molecule has 3 heteroatoms. The minimum absolute atomic E-state index is 0.264. The van der Waals surface area contributed by atoms with E-state index in [-0.39, 0.29) is 12.1 Å². The van der Waals surface area contributed by atoms with E-state index in [1.54, 1.807) is 12.1 Å². The van der Waals surface area contributed by atoms with Gasteiger partial charge >= 0.3 is 5.97 Å². The molecule has 0 saturated carbocycles. The number of rotatable bonds is 8. The lowest BCUT2D eigenvalue weighted by molar-refractivity contribution is 0.0474. The Labute approximate surface area is 109 Å². The van der Waals surface area contributed by atoms with E-state index >= 15 is 0 Å². The van der Waals surface area contributed by atoms with Crippen molar-refractivity contribution in [2.75, 3.05) is 6.61 Å². The first kappa shape index (κ1) is 14.7. The molecular weight excluding hydrogens is 228 g/mol. The number of hydrogen-bond donors (Lipinski definition) is 1. The number of aliphatic hydroxyl groups excluding tert-OH is 1. The summed E-state index contributed by atoms with van der Waals surface area (Å²) in [7, 11) is 0. The van der Waals surface area contributed by atoms with Crippen molar-refractivity contribution in [3.63, 3.8) is 0 Å². The van der Waals surface area contributed by atoms with Crippen molar-refractivity contribution in [3.8, 4) is 0 Å². The van der Waals surface area contributed by atoms with Gasteiger partial charge in [0.05, 0.1) is 18.3 Å². The Morgan fingerprint density at radius 1 is 1.22 bits per heavy atom. The number of unbranched alkanes of at least 4 members (excludes halogenated alkanes) is 1. The SMILES string of the molecule is CCCCC(O)CCCOC(=O)c1ccccc1. The highest BCUT2D eigenvalue weighted by molar-refractivity contribution is 5.89. The maximum atomic E-state index is 11.6. The van der Waals surface area contributed by atoms with Crippen molar-refractivity contribution < 1.29 is 14.6 Å². The largest absolute Gasteiger partial charge is 0.462 e. The van der Waals surface area contributed by atoms with Crippen LogP contribution in [0.2, 0.25) is 0 Å². The molecule has 1 aromatic carbocycles. The number of ether oxygens (including phenoxy) is 1. The molecule has 0 aliphatic rings. The quantitative estimate of drug-likeness (QED) is 0.569. The van der Waals surface area contributed by atoms with Crippen LogP contribution in [0.25, 0.3) is 0 Å². The molecule has 1 N–H and O–H groups in total. The molecular formula is C15H22O3. The van der Waals surface area contributed by atoms with Crippen LogP contribution in [0.1, 0.15) is 49.4 Å². The van der Waals surface area contributed by atoms with Crippen LogP contribution >= 0.6 is 0 Å². The molecule has 0 bridgehead atoms. The normalized spacial score (nSPS) is 12.1. The van der Waals surface area contributed by atoms with Crippen LogP contribution in [0, 0.1) is 0 Å². The number of carbonyl (C=O) groups is 1. The molecule has 0 fully saturated rings. The van der Waals surface area contributed by atoms with Gasteiger partial charge in [-0.3, -0.25) is 0 Å². The van der Waals surface area contributed by atoms with E-state index in [0.29, 0.717) is 25.0 Å². The Balaban J connectivity index is 2.13.